The number of aryl methyl sites for hydroxylation is 2. The lowest BCUT2D eigenvalue weighted by molar-refractivity contribution is 0.181. The van der Waals surface area contributed by atoms with Crippen LogP contribution in [0.1, 0.15) is 16.8 Å². The van der Waals surface area contributed by atoms with Gasteiger partial charge in [-0.25, -0.2) is 0 Å². The first kappa shape index (κ1) is 13.8. The lowest BCUT2D eigenvalue weighted by Gasteiger charge is -2.22. The first-order valence-electron chi connectivity index (χ1n) is 6.55. The van der Waals surface area contributed by atoms with E-state index in [1.807, 2.05) is 36.1 Å². The Bertz CT molecular complexity index is 488. The molecule has 0 bridgehead atoms. The second-order valence-electron chi connectivity index (χ2n) is 4.82. The van der Waals surface area contributed by atoms with Gasteiger partial charge in [0.25, 0.3) is 0 Å². The zero-order valence-corrected chi connectivity index (χ0v) is 11.6. The third kappa shape index (κ3) is 3.66. The minimum absolute atomic E-state index is 0.170. The fraction of sp³-hybridized carbons (Fsp3) is 0.400. The largest absolute Gasteiger partial charge is 0.395 e. The van der Waals surface area contributed by atoms with Gasteiger partial charge in [0.2, 0.25) is 0 Å². The molecular formula is C15H21N3O. The van der Waals surface area contributed by atoms with E-state index in [1.165, 1.54) is 16.8 Å². The van der Waals surface area contributed by atoms with E-state index in [0.29, 0.717) is 6.54 Å². The van der Waals surface area contributed by atoms with Crippen LogP contribution >= 0.6 is 0 Å². The van der Waals surface area contributed by atoms with E-state index in [0.717, 1.165) is 13.1 Å². The van der Waals surface area contributed by atoms with Crippen molar-refractivity contribution in [2.75, 3.05) is 13.2 Å². The molecule has 0 fully saturated rings. The number of aromatic nitrogens is 2. The van der Waals surface area contributed by atoms with Gasteiger partial charge in [-0.2, -0.15) is 5.10 Å². The maximum Gasteiger partial charge on any atom is 0.0558 e. The minimum Gasteiger partial charge on any atom is -0.395 e. The third-order valence-electron chi connectivity index (χ3n) is 3.31. The fourth-order valence-corrected chi connectivity index (χ4v) is 2.21. The van der Waals surface area contributed by atoms with Crippen molar-refractivity contribution in [2.24, 2.45) is 7.05 Å². The Labute approximate surface area is 114 Å². The summed E-state index contributed by atoms with van der Waals surface area (Å²) in [4.78, 5) is 2.24. The van der Waals surface area contributed by atoms with Gasteiger partial charge >= 0.3 is 0 Å². The second-order valence-corrected chi connectivity index (χ2v) is 4.82. The molecule has 0 saturated carbocycles. The molecule has 0 amide bonds. The summed E-state index contributed by atoms with van der Waals surface area (Å²) in [5.41, 5.74) is 3.65. The highest BCUT2D eigenvalue weighted by Gasteiger charge is 2.11. The molecule has 1 aromatic heterocycles. The molecule has 0 aliphatic heterocycles. The van der Waals surface area contributed by atoms with Gasteiger partial charge in [0.05, 0.1) is 18.5 Å². The molecule has 102 valence electrons. The van der Waals surface area contributed by atoms with E-state index < -0.39 is 0 Å². The molecule has 4 nitrogen and oxygen atoms in total. The highest BCUT2D eigenvalue weighted by Crippen LogP contribution is 2.12. The van der Waals surface area contributed by atoms with E-state index in [4.69, 9.17) is 0 Å². The monoisotopic (exact) mass is 259 g/mol. The van der Waals surface area contributed by atoms with Crippen LogP contribution in [0, 0.1) is 6.92 Å². The van der Waals surface area contributed by atoms with Crippen molar-refractivity contribution in [2.45, 2.75) is 20.0 Å². The molecule has 0 spiro atoms. The van der Waals surface area contributed by atoms with Crippen molar-refractivity contribution in [3.8, 4) is 0 Å². The second kappa shape index (κ2) is 6.50. The van der Waals surface area contributed by atoms with Gasteiger partial charge in [-0.1, -0.05) is 30.3 Å². The van der Waals surface area contributed by atoms with Crippen LogP contribution in [-0.4, -0.2) is 32.9 Å². The van der Waals surface area contributed by atoms with Crippen molar-refractivity contribution < 1.29 is 5.11 Å². The van der Waals surface area contributed by atoms with Gasteiger partial charge in [0.1, 0.15) is 0 Å². The average molecular weight is 259 g/mol. The average Bonchev–Trinajstić information content (AvgIpc) is 2.72. The van der Waals surface area contributed by atoms with Crippen molar-refractivity contribution >= 4 is 0 Å². The zero-order chi connectivity index (χ0) is 13.7. The summed E-state index contributed by atoms with van der Waals surface area (Å²) in [5.74, 6) is 0. The molecule has 0 aliphatic carbocycles. The molecule has 1 heterocycles. The van der Waals surface area contributed by atoms with Crippen molar-refractivity contribution in [1.82, 2.24) is 14.7 Å². The molecule has 1 N–H and O–H groups in total. The molecular weight excluding hydrogens is 238 g/mol. The van der Waals surface area contributed by atoms with Crippen LogP contribution in [0.25, 0.3) is 0 Å². The normalized spacial score (nSPS) is 11.2. The topological polar surface area (TPSA) is 41.3 Å². The predicted molar refractivity (Wildman–Crippen MR) is 75.6 cm³/mol. The molecule has 2 rings (SSSR count). The summed E-state index contributed by atoms with van der Waals surface area (Å²) >= 11 is 0. The standard InChI is InChI=1S/C15H21N3O/c1-13-10-16-17(2)15(13)12-18(8-9-19)11-14-6-4-3-5-7-14/h3-7,10,19H,8-9,11-12H2,1-2H3. The summed E-state index contributed by atoms with van der Waals surface area (Å²) < 4.78 is 1.91. The van der Waals surface area contributed by atoms with E-state index in [9.17, 15) is 5.11 Å². The first-order valence-corrected chi connectivity index (χ1v) is 6.55. The van der Waals surface area contributed by atoms with Crippen molar-refractivity contribution in [1.29, 1.82) is 0 Å². The van der Waals surface area contributed by atoms with Gasteiger partial charge < -0.3 is 5.11 Å². The van der Waals surface area contributed by atoms with Crippen LogP contribution in [0.4, 0.5) is 0 Å². The summed E-state index contributed by atoms with van der Waals surface area (Å²) in [6.45, 7) is 4.55. The summed E-state index contributed by atoms with van der Waals surface area (Å²) in [7, 11) is 1.96. The summed E-state index contributed by atoms with van der Waals surface area (Å²) in [6, 6.07) is 10.3. The van der Waals surface area contributed by atoms with Gasteiger partial charge in [-0.15, -0.1) is 0 Å². The molecule has 0 unspecified atom stereocenters. The van der Waals surface area contributed by atoms with Gasteiger partial charge in [0.15, 0.2) is 0 Å². The summed E-state index contributed by atoms with van der Waals surface area (Å²) in [6.07, 6.45) is 1.88. The Morgan fingerprint density at radius 3 is 2.53 bits per heavy atom. The molecule has 1 aromatic carbocycles. The maximum atomic E-state index is 9.22. The molecule has 4 heteroatoms. The number of aliphatic hydroxyl groups excluding tert-OH is 1. The quantitative estimate of drug-likeness (QED) is 0.859. The molecule has 0 atom stereocenters. The molecule has 0 radical (unpaired) electrons. The number of aliphatic hydroxyl groups is 1. The van der Waals surface area contributed by atoms with Crippen molar-refractivity contribution in [3.63, 3.8) is 0 Å². The van der Waals surface area contributed by atoms with E-state index in [1.54, 1.807) is 0 Å². The number of rotatable bonds is 6. The van der Waals surface area contributed by atoms with Crippen LogP contribution in [0.3, 0.4) is 0 Å². The number of benzene rings is 1. The highest BCUT2D eigenvalue weighted by atomic mass is 16.3. The number of nitrogens with zero attached hydrogens (tertiary/aromatic N) is 3. The molecule has 0 aliphatic rings. The summed E-state index contributed by atoms with van der Waals surface area (Å²) in [5, 5.41) is 13.5. The highest BCUT2D eigenvalue weighted by molar-refractivity contribution is 5.17. The smallest absolute Gasteiger partial charge is 0.0558 e. The molecule has 19 heavy (non-hydrogen) atoms. The Balaban J connectivity index is 2.08. The Kier molecular flexibility index (Phi) is 4.71. The fourth-order valence-electron chi connectivity index (χ4n) is 2.21. The molecule has 2 aromatic rings. The lowest BCUT2D eigenvalue weighted by Crippen LogP contribution is -2.27. The minimum atomic E-state index is 0.170. The van der Waals surface area contributed by atoms with Gasteiger partial charge in [-0.05, 0) is 18.1 Å². The number of hydrogen-bond acceptors (Lipinski definition) is 3. The SMILES string of the molecule is Cc1cnn(C)c1CN(CCO)Cc1ccccc1. The van der Waals surface area contributed by atoms with Gasteiger partial charge in [-0.3, -0.25) is 9.58 Å². The van der Waals surface area contributed by atoms with Crippen LogP contribution in [0.15, 0.2) is 36.5 Å². The van der Waals surface area contributed by atoms with E-state index in [-0.39, 0.29) is 6.61 Å². The predicted octanol–water partition coefficient (Wildman–Crippen LogP) is 1.72. The Morgan fingerprint density at radius 1 is 1.21 bits per heavy atom. The van der Waals surface area contributed by atoms with Gasteiger partial charge in [0, 0.05) is 26.7 Å². The Hall–Kier alpha value is -1.65. The van der Waals surface area contributed by atoms with Crippen molar-refractivity contribution in [3.05, 3.63) is 53.3 Å². The van der Waals surface area contributed by atoms with Crippen LogP contribution in [0.2, 0.25) is 0 Å². The van der Waals surface area contributed by atoms with E-state index in [2.05, 4.69) is 29.1 Å². The lowest BCUT2D eigenvalue weighted by atomic mass is 10.2. The maximum absolute atomic E-state index is 9.22. The van der Waals surface area contributed by atoms with E-state index >= 15 is 0 Å². The number of hydrogen-bond donors (Lipinski definition) is 1. The molecule has 0 saturated heterocycles. The van der Waals surface area contributed by atoms with Crippen LogP contribution in [0.5, 0.6) is 0 Å². The first-order chi connectivity index (χ1) is 9.20. The van der Waals surface area contributed by atoms with Crippen LogP contribution < -0.4 is 0 Å². The Morgan fingerprint density at radius 2 is 1.95 bits per heavy atom. The zero-order valence-electron chi connectivity index (χ0n) is 11.6. The third-order valence-corrected chi connectivity index (χ3v) is 3.31. The van der Waals surface area contributed by atoms with Crippen LogP contribution in [-0.2, 0) is 20.1 Å².